The number of hydroxylamine groups is 1. The first-order chi connectivity index (χ1) is 11.5. The highest BCUT2D eigenvalue weighted by molar-refractivity contribution is 7.92. The predicted octanol–water partition coefficient (Wildman–Crippen LogP) is 2.12. The van der Waals surface area contributed by atoms with Crippen LogP contribution >= 0.6 is 0 Å². The summed E-state index contributed by atoms with van der Waals surface area (Å²) in [6.07, 6.45) is 0.371. The molecule has 24 heavy (non-hydrogen) atoms. The molecule has 0 aliphatic heterocycles. The van der Waals surface area contributed by atoms with E-state index >= 15 is 0 Å². The molecule has 0 aromatic heterocycles. The fraction of sp³-hybridized carbons (Fsp3) is 0.118. The van der Waals surface area contributed by atoms with Crippen LogP contribution in [0.1, 0.15) is 18.4 Å². The van der Waals surface area contributed by atoms with Gasteiger partial charge in [-0.2, -0.15) is 0 Å². The highest BCUT2D eigenvalue weighted by atomic mass is 32.2. The number of benzene rings is 2. The summed E-state index contributed by atoms with van der Waals surface area (Å²) >= 11 is 0. The first kappa shape index (κ1) is 17.5. The molecule has 3 N–H and O–H groups in total. The predicted molar refractivity (Wildman–Crippen MR) is 89.7 cm³/mol. The number of nitrogens with one attached hydrogen (secondary N) is 2. The third-order valence-corrected chi connectivity index (χ3v) is 4.40. The molecule has 0 heterocycles. The Bertz CT molecular complexity index is 868. The molecule has 124 valence electrons. The summed E-state index contributed by atoms with van der Waals surface area (Å²) in [4.78, 5) is 11.0. The Morgan fingerprint density at radius 2 is 1.83 bits per heavy atom. The van der Waals surface area contributed by atoms with Crippen LogP contribution in [-0.4, -0.2) is 19.5 Å². The van der Waals surface area contributed by atoms with E-state index in [-0.39, 0.29) is 17.7 Å². The van der Waals surface area contributed by atoms with Crippen LogP contribution < -0.4 is 10.2 Å². The standard InChI is InChI=1S/C17H16N2O4S/c20-17(18-21)12-5-4-7-14-8-6-9-15(13-14)19-24(22,23)16-10-2-1-3-11-16/h1-3,6,8-11,13,19,21H,5,12H2,(H,18,20). The molecule has 1 amide bonds. The number of anilines is 1. The van der Waals surface area contributed by atoms with Gasteiger partial charge in [-0.3, -0.25) is 14.7 Å². The van der Waals surface area contributed by atoms with Gasteiger partial charge in [0.05, 0.1) is 10.6 Å². The molecular formula is C17H16N2O4S. The Morgan fingerprint density at radius 1 is 1.08 bits per heavy atom. The van der Waals surface area contributed by atoms with Crippen molar-refractivity contribution in [2.45, 2.75) is 17.7 Å². The maximum Gasteiger partial charge on any atom is 0.261 e. The second-order valence-electron chi connectivity index (χ2n) is 4.84. The number of carbonyl (C=O) groups excluding carboxylic acids is 1. The minimum atomic E-state index is -3.65. The first-order valence-corrected chi connectivity index (χ1v) is 8.59. The zero-order chi connectivity index (χ0) is 17.4. The van der Waals surface area contributed by atoms with Crippen LogP contribution in [0.5, 0.6) is 0 Å². The van der Waals surface area contributed by atoms with E-state index in [0.29, 0.717) is 11.3 Å². The van der Waals surface area contributed by atoms with E-state index in [9.17, 15) is 13.2 Å². The molecule has 0 radical (unpaired) electrons. The summed E-state index contributed by atoms with van der Waals surface area (Å²) < 4.78 is 27.0. The number of carbonyl (C=O) groups is 1. The number of sulfonamides is 1. The van der Waals surface area contributed by atoms with Gasteiger partial charge in [-0.25, -0.2) is 13.9 Å². The van der Waals surface area contributed by atoms with Crippen LogP contribution in [0.15, 0.2) is 59.5 Å². The Balaban J connectivity index is 2.08. The van der Waals surface area contributed by atoms with E-state index in [1.165, 1.54) is 17.6 Å². The molecule has 6 nitrogen and oxygen atoms in total. The lowest BCUT2D eigenvalue weighted by atomic mass is 10.2. The Kier molecular flexibility index (Phi) is 5.95. The lowest BCUT2D eigenvalue weighted by Gasteiger charge is -2.08. The smallest absolute Gasteiger partial charge is 0.261 e. The molecule has 0 bridgehead atoms. The van der Waals surface area contributed by atoms with Gasteiger partial charge in [-0.1, -0.05) is 36.1 Å². The van der Waals surface area contributed by atoms with Crippen molar-refractivity contribution in [1.29, 1.82) is 0 Å². The zero-order valence-corrected chi connectivity index (χ0v) is 13.5. The second kappa shape index (κ2) is 8.15. The topological polar surface area (TPSA) is 95.5 Å². The first-order valence-electron chi connectivity index (χ1n) is 7.11. The minimum absolute atomic E-state index is 0.0871. The highest BCUT2D eigenvalue weighted by Crippen LogP contribution is 2.16. The normalized spacial score (nSPS) is 10.4. The summed E-state index contributed by atoms with van der Waals surface area (Å²) in [5, 5.41) is 8.38. The van der Waals surface area contributed by atoms with Crippen LogP contribution in [-0.2, 0) is 14.8 Å². The SMILES string of the molecule is O=C(CCC#Cc1cccc(NS(=O)(=O)c2ccccc2)c1)NO. The van der Waals surface area contributed by atoms with Crippen molar-refractivity contribution >= 4 is 21.6 Å². The van der Waals surface area contributed by atoms with Gasteiger partial charge in [0.1, 0.15) is 0 Å². The van der Waals surface area contributed by atoms with Gasteiger partial charge in [0.2, 0.25) is 5.91 Å². The monoisotopic (exact) mass is 344 g/mol. The molecule has 0 unspecified atom stereocenters. The van der Waals surface area contributed by atoms with Crippen LogP contribution in [0.2, 0.25) is 0 Å². The van der Waals surface area contributed by atoms with Crippen LogP contribution in [0.3, 0.4) is 0 Å². The van der Waals surface area contributed by atoms with E-state index in [4.69, 9.17) is 5.21 Å². The maximum atomic E-state index is 12.3. The van der Waals surface area contributed by atoms with Crippen molar-refractivity contribution in [2.75, 3.05) is 4.72 Å². The van der Waals surface area contributed by atoms with Gasteiger partial charge in [-0.15, -0.1) is 0 Å². The van der Waals surface area contributed by atoms with Crippen molar-refractivity contribution in [3.05, 3.63) is 60.2 Å². The highest BCUT2D eigenvalue weighted by Gasteiger charge is 2.13. The third kappa shape index (κ3) is 5.12. The summed E-state index contributed by atoms with van der Waals surface area (Å²) in [7, 11) is -3.65. The van der Waals surface area contributed by atoms with Gasteiger partial charge in [0.15, 0.2) is 0 Å². The fourth-order valence-corrected chi connectivity index (χ4v) is 2.94. The van der Waals surface area contributed by atoms with E-state index in [1.807, 2.05) is 0 Å². The summed E-state index contributed by atoms with van der Waals surface area (Å²) in [6.45, 7) is 0. The molecule has 0 aliphatic carbocycles. The number of hydrogen-bond donors (Lipinski definition) is 3. The largest absolute Gasteiger partial charge is 0.289 e. The van der Waals surface area contributed by atoms with Gasteiger partial charge < -0.3 is 0 Å². The Labute approximate surface area is 140 Å². The Morgan fingerprint density at radius 3 is 2.54 bits per heavy atom. The van der Waals surface area contributed by atoms with Gasteiger partial charge in [-0.05, 0) is 30.3 Å². The number of amides is 1. The van der Waals surface area contributed by atoms with Gasteiger partial charge in [0, 0.05) is 18.4 Å². The molecule has 2 rings (SSSR count). The third-order valence-electron chi connectivity index (χ3n) is 3.00. The minimum Gasteiger partial charge on any atom is -0.289 e. The molecule has 2 aromatic carbocycles. The van der Waals surface area contributed by atoms with Crippen molar-refractivity contribution < 1.29 is 18.4 Å². The van der Waals surface area contributed by atoms with Crippen LogP contribution in [0.25, 0.3) is 0 Å². The molecule has 0 spiro atoms. The lowest BCUT2D eigenvalue weighted by molar-refractivity contribution is -0.129. The average molecular weight is 344 g/mol. The quantitative estimate of drug-likeness (QED) is 0.440. The van der Waals surface area contributed by atoms with Crippen molar-refractivity contribution in [1.82, 2.24) is 5.48 Å². The average Bonchev–Trinajstić information content (AvgIpc) is 2.59. The van der Waals surface area contributed by atoms with E-state index in [2.05, 4.69) is 16.6 Å². The van der Waals surface area contributed by atoms with Crippen LogP contribution in [0.4, 0.5) is 5.69 Å². The van der Waals surface area contributed by atoms with Crippen molar-refractivity contribution in [3.8, 4) is 11.8 Å². The van der Waals surface area contributed by atoms with Crippen molar-refractivity contribution in [2.24, 2.45) is 0 Å². The fourth-order valence-electron chi connectivity index (χ4n) is 1.87. The van der Waals surface area contributed by atoms with Gasteiger partial charge in [0.25, 0.3) is 10.0 Å². The maximum absolute atomic E-state index is 12.3. The molecule has 0 saturated heterocycles. The molecule has 2 aromatic rings. The molecule has 0 saturated carbocycles. The summed E-state index contributed by atoms with van der Waals surface area (Å²) in [5.41, 5.74) is 2.55. The van der Waals surface area contributed by atoms with E-state index < -0.39 is 15.9 Å². The van der Waals surface area contributed by atoms with E-state index in [0.717, 1.165) is 0 Å². The molecule has 0 atom stereocenters. The van der Waals surface area contributed by atoms with E-state index in [1.54, 1.807) is 42.5 Å². The molecule has 0 fully saturated rings. The number of rotatable bonds is 5. The second-order valence-corrected chi connectivity index (χ2v) is 6.52. The van der Waals surface area contributed by atoms with Crippen molar-refractivity contribution in [3.63, 3.8) is 0 Å². The molecular weight excluding hydrogens is 328 g/mol. The van der Waals surface area contributed by atoms with Gasteiger partial charge >= 0.3 is 0 Å². The summed E-state index contributed by atoms with van der Waals surface area (Å²) in [6, 6.07) is 14.7. The lowest BCUT2D eigenvalue weighted by Crippen LogP contribution is -2.17. The van der Waals surface area contributed by atoms with Crippen LogP contribution in [0, 0.1) is 11.8 Å². The molecule has 0 aliphatic rings. The number of hydrogen-bond acceptors (Lipinski definition) is 4. The summed E-state index contributed by atoms with van der Waals surface area (Å²) in [5.74, 6) is 5.13. The Hall–Kier alpha value is -2.82. The molecule has 7 heteroatoms. The zero-order valence-electron chi connectivity index (χ0n) is 12.7.